The van der Waals surface area contributed by atoms with Gasteiger partial charge in [-0.1, -0.05) is 0 Å². The van der Waals surface area contributed by atoms with Crippen LogP contribution in [0.4, 0.5) is 0 Å². The van der Waals surface area contributed by atoms with Crippen LogP contribution in [0.3, 0.4) is 0 Å². The van der Waals surface area contributed by atoms with Crippen molar-refractivity contribution in [1.82, 2.24) is 5.32 Å². The van der Waals surface area contributed by atoms with Crippen LogP contribution in [0.1, 0.15) is 37.5 Å². The van der Waals surface area contributed by atoms with Crippen molar-refractivity contribution < 1.29 is 9.53 Å². The second kappa shape index (κ2) is 7.41. The molecule has 0 unspecified atom stereocenters. The van der Waals surface area contributed by atoms with Crippen molar-refractivity contribution in [3.63, 3.8) is 0 Å². The van der Waals surface area contributed by atoms with Crippen molar-refractivity contribution in [2.75, 3.05) is 6.61 Å². The zero-order chi connectivity index (χ0) is 13.7. The highest BCUT2D eigenvalue weighted by Gasteiger charge is 2.17. The predicted molar refractivity (Wildman–Crippen MR) is 81.5 cm³/mol. The molecule has 1 amide bonds. The van der Waals surface area contributed by atoms with E-state index in [1.165, 1.54) is 12.8 Å². The average Bonchev–Trinajstić information content (AvgIpc) is 2.98. The topological polar surface area (TPSA) is 38.3 Å². The van der Waals surface area contributed by atoms with Gasteiger partial charge in [-0.15, -0.1) is 11.3 Å². The Hall–Kier alpha value is -0.390. The molecule has 1 aliphatic rings. The zero-order valence-electron chi connectivity index (χ0n) is 11.2. The molecule has 2 atom stereocenters. The molecule has 106 valence electrons. The lowest BCUT2D eigenvalue weighted by Crippen LogP contribution is -2.34. The molecule has 0 radical (unpaired) electrons. The maximum absolute atomic E-state index is 11.9. The first-order valence-corrected chi connectivity index (χ1v) is 8.39. The van der Waals surface area contributed by atoms with Crippen LogP contribution in [-0.4, -0.2) is 24.7 Å². The van der Waals surface area contributed by atoms with Crippen LogP contribution in [0.2, 0.25) is 0 Å². The first kappa shape index (κ1) is 15.0. The van der Waals surface area contributed by atoms with E-state index in [4.69, 9.17) is 4.74 Å². The Bertz CT molecular complexity index is 415. The normalized spacial score (nSPS) is 20.4. The second-order valence-corrected chi connectivity index (χ2v) is 7.61. The van der Waals surface area contributed by atoms with Crippen LogP contribution in [0.5, 0.6) is 0 Å². The van der Waals surface area contributed by atoms with Gasteiger partial charge >= 0.3 is 0 Å². The number of rotatable bonds is 6. The first-order chi connectivity index (χ1) is 9.13. The quantitative estimate of drug-likeness (QED) is 0.856. The van der Waals surface area contributed by atoms with Crippen molar-refractivity contribution in [3.05, 3.63) is 20.8 Å². The van der Waals surface area contributed by atoms with E-state index in [1.54, 1.807) is 11.3 Å². The zero-order valence-corrected chi connectivity index (χ0v) is 13.6. The van der Waals surface area contributed by atoms with Gasteiger partial charge in [-0.25, -0.2) is 0 Å². The van der Waals surface area contributed by atoms with Gasteiger partial charge in [0, 0.05) is 17.5 Å². The summed E-state index contributed by atoms with van der Waals surface area (Å²) in [6, 6.07) is 4.19. The molecule has 1 aromatic heterocycles. The molecule has 1 saturated heterocycles. The van der Waals surface area contributed by atoms with Gasteiger partial charge in [-0.2, -0.15) is 0 Å². The molecule has 1 aromatic rings. The maximum atomic E-state index is 11.9. The third kappa shape index (κ3) is 5.24. The molecule has 2 heterocycles. The van der Waals surface area contributed by atoms with Crippen molar-refractivity contribution in [2.45, 2.75) is 51.2 Å². The summed E-state index contributed by atoms with van der Waals surface area (Å²) in [6.45, 7) is 2.97. The molecule has 3 nitrogen and oxygen atoms in total. The van der Waals surface area contributed by atoms with Gasteiger partial charge < -0.3 is 10.1 Å². The predicted octanol–water partition coefficient (Wildman–Crippen LogP) is 3.52. The molecular weight excluding hydrogens is 326 g/mol. The molecule has 1 fully saturated rings. The molecule has 1 N–H and O–H groups in total. The highest BCUT2D eigenvalue weighted by atomic mass is 79.9. The van der Waals surface area contributed by atoms with Crippen LogP contribution < -0.4 is 5.32 Å². The molecule has 0 saturated carbocycles. The number of hydrogen-bond donors (Lipinski definition) is 1. The highest BCUT2D eigenvalue weighted by Crippen LogP contribution is 2.22. The van der Waals surface area contributed by atoms with Crippen LogP contribution in [0, 0.1) is 0 Å². The monoisotopic (exact) mass is 345 g/mol. The summed E-state index contributed by atoms with van der Waals surface area (Å²) in [5, 5.41) is 3.06. The average molecular weight is 346 g/mol. The van der Waals surface area contributed by atoms with Gasteiger partial charge in [0.1, 0.15) is 0 Å². The van der Waals surface area contributed by atoms with E-state index in [9.17, 15) is 4.79 Å². The Morgan fingerprint density at radius 3 is 3.11 bits per heavy atom. The Morgan fingerprint density at radius 2 is 2.47 bits per heavy atom. The number of thiophene rings is 1. The minimum Gasteiger partial charge on any atom is -0.378 e. The van der Waals surface area contributed by atoms with Gasteiger partial charge in [0.15, 0.2) is 0 Å². The van der Waals surface area contributed by atoms with Crippen molar-refractivity contribution in [2.24, 2.45) is 0 Å². The number of carbonyl (C=O) groups excluding carboxylic acids is 1. The molecule has 0 bridgehead atoms. The van der Waals surface area contributed by atoms with E-state index >= 15 is 0 Å². The van der Waals surface area contributed by atoms with E-state index in [2.05, 4.69) is 28.2 Å². The van der Waals surface area contributed by atoms with Crippen LogP contribution >= 0.6 is 27.3 Å². The number of nitrogens with one attached hydrogen (secondary N) is 1. The molecule has 0 spiro atoms. The molecule has 1 aliphatic heterocycles. The molecule has 19 heavy (non-hydrogen) atoms. The van der Waals surface area contributed by atoms with E-state index in [0.29, 0.717) is 12.5 Å². The summed E-state index contributed by atoms with van der Waals surface area (Å²) in [5.41, 5.74) is 0. The van der Waals surface area contributed by atoms with Gasteiger partial charge in [-0.3, -0.25) is 4.79 Å². The summed E-state index contributed by atoms with van der Waals surface area (Å²) in [4.78, 5) is 13.0. The number of ether oxygens (including phenoxy) is 1. The fourth-order valence-corrected chi connectivity index (χ4v) is 3.79. The van der Waals surface area contributed by atoms with Crippen LogP contribution in [0.15, 0.2) is 15.9 Å². The molecule has 5 heteroatoms. The van der Waals surface area contributed by atoms with Crippen molar-refractivity contribution in [1.29, 1.82) is 0 Å². The smallest absolute Gasteiger partial charge is 0.225 e. The van der Waals surface area contributed by atoms with E-state index in [1.807, 2.05) is 12.1 Å². The lowest BCUT2D eigenvalue weighted by atomic mass is 10.1. The minimum absolute atomic E-state index is 0.106. The number of hydrogen-bond acceptors (Lipinski definition) is 3. The van der Waals surface area contributed by atoms with Crippen molar-refractivity contribution in [3.8, 4) is 0 Å². The summed E-state index contributed by atoms with van der Waals surface area (Å²) < 4.78 is 6.66. The van der Waals surface area contributed by atoms with Gasteiger partial charge in [0.2, 0.25) is 5.91 Å². The van der Waals surface area contributed by atoms with Crippen LogP contribution in [-0.2, 0) is 16.0 Å². The fraction of sp³-hybridized carbons (Fsp3) is 0.643. The lowest BCUT2D eigenvalue weighted by molar-refractivity contribution is -0.121. The van der Waals surface area contributed by atoms with E-state index in [-0.39, 0.29) is 11.9 Å². The largest absolute Gasteiger partial charge is 0.378 e. The lowest BCUT2D eigenvalue weighted by Gasteiger charge is -2.16. The van der Waals surface area contributed by atoms with Gasteiger partial charge in [0.25, 0.3) is 0 Å². The minimum atomic E-state index is 0.106. The Kier molecular flexibility index (Phi) is 5.85. The van der Waals surface area contributed by atoms with Gasteiger partial charge in [0.05, 0.1) is 16.3 Å². The first-order valence-electron chi connectivity index (χ1n) is 6.78. The molecule has 2 rings (SSSR count). The summed E-state index contributed by atoms with van der Waals surface area (Å²) in [6.07, 6.45) is 5.27. The Morgan fingerprint density at radius 1 is 1.63 bits per heavy atom. The SMILES string of the molecule is C[C@H](CC[C@@H]1CCCO1)NC(=O)Cc1ccc(Br)s1. The van der Waals surface area contributed by atoms with Crippen molar-refractivity contribution >= 4 is 33.2 Å². The molecule has 0 aliphatic carbocycles. The molecular formula is C14H20BrNO2S. The summed E-state index contributed by atoms with van der Waals surface area (Å²) >= 11 is 5.02. The maximum Gasteiger partial charge on any atom is 0.225 e. The number of amides is 1. The highest BCUT2D eigenvalue weighted by molar-refractivity contribution is 9.11. The Balaban J connectivity index is 1.66. The van der Waals surface area contributed by atoms with E-state index in [0.717, 1.165) is 28.1 Å². The number of halogens is 1. The number of carbonyl (C=O) groups is 1. The molecule has 0 aromatic carbocycles. The van der Waals surface area contributed by atoms with Gasteiger partial charge in [-0.05, 0) is 60.7 Å². The van der Waals surface area contributed by atoms with Crippen LogP contribution in [0.25, 0.3) is 0 Å². The third-order valence-electron chi connectivity index (χ3n) is 3.32. The van der Waals surface area contributed by atoms with E-state index < -0.39 is 0 Å². The summed E-state index contributed by atoms with van der Waals surface area (Å²) in [7, 11) is 0. The summed E-state index contributed by atoms with van der Waals surface area (Å²) in [5.74, 6) is 0.106. The fourth-order valence-electron chi connectivity index (χ4n) is 2.31. The Labute approximate surface area is 126 Å². The second-order valence-electron chi connectivity index (χ2n) is 5.06. The third-order valence-corrected chi connectivity index (χ3v) is 4.94. The standard InChI is InChI=1S/C14H20BrNO2S/c1-10(4-5-11-3-2-8-18-11)16-14(17)9-12-6-7-13(15)19-12/h6-7,10-11H,2-5,8-9H2,1H3,(H,16,17)/t10-,11+/m1/s1.